The largest absolute Gasteiger partial charge is 0.298 e. The van der Waals surface area contributed by atoms with Crippen LogP contribution in [0.2, 0.25) is 5.02 Å². The minimum atomic E-state index is 0.519. The van der Waals surface area contributed by atoms with E-state index >= 15 is 0 Å². The van der Waals surface area contributed by atoms with Crippen molar-refractivity contribution < 1.29 is 4.79 Å². The zero-order valence-corrected chi connectivity index (χ0v) is 9.47. The Morgan fingerprint density at radius 2 is 2.00 bits per heavy atom. The Labute approximate surface area is 94.8 Å². The number of fused-ring (bicyclic) bond motifs is 1. The fourth-order valence-electron chi connectivity index (χ4n) is 1.37. The third-order valence-electron chi connectivity index (χ3n) is 2.07. The zero-order valence-electron chi connectivity index (χ0n) is 7.13. The summed E-state index contributed by atoms with van der Waals surface area (Å²) in [6.07, 6.45) is 0.768. The van der Waals surface area contributed by atoms with Crippen LogP contribution in [0, 0.1) is 0 Å². The second kappa shape index (κ2) is 3.71. The second-order valence-corrected chi connectivity index (χ2v) is 4.25. The van der Waals surface area contributed by atoms with E-state index in [0.717, 1.165) is 21.5 Å². The number of carbonyl (C=O) groups excluding carboxylic acids is 1. The van der Waals surface area contributed by atoms with Gasteiger partial charge in [0.2, 0.25) is 0 Å². The summed E-state index contributed by atoms with van der Waals surface area (Å²) in [5, 5.41) is 2.44. The normalized spacial score (nSPS) is 10.4. The second-order valence-electron chi connectivity index (χ2n) is 2.95. The highest BCUT2D eigenvalue weighted by atomic mass is 79.9. The van der Waals surface area contributed by atoms with Crippen LogP contribution in [0.5, 0.6) is 0 Å². The fourth-order valence-corrected chi connectivity index (χ4v) is 2.03. The van der Waals surface area contributed by atoms with Crippen molar-refractivity contribution in [2.24, 2.45) is 0 Å². The van der Waals surface area contributed by atoms with Gasteiger partial charge in [-0.05, 0) is 23.6 Å². The number of rotatable bonds is 1. The van der Waals surface area contributed by atoms with E-state index in [2.05, 4.69) is 15.9 Å². The summed E-state index contributed by atoms with van der Waals surface area (Å²) in [6, 6.07) is 9.38. The molecule has 2 rings (SSSR count). The van der Waals surface area contributed by atoms with Crippen LogP contribution >= 0.6 is 27.5 Å². The summed E-state index contributed by atoms with van der Waals surface area (Å²) in [5.74, 6) is 0. The molecule has 2 aromatic carbocycles. The van der Waals surface area contributed by atoms with E-state index in [1.54, 1.807) is 6.07 Å². The van der Waals surface area contributed by atoms with Gasteiger partial charge in [-0.15, -0.1) is 0 Å². The number of benzene rings is 2. The van der Waals surface area contributed by atoms with Crippen LogP contribution in [-0.4, -0.2) is 6.29 Å². The Bertz CT molecular complexity index is 508. The Hall–Kier alpha value is -0.860. The standard InChI is InChI=1S/C11H6BrClO/c12-9-3-4-10-7(5-9)1-2-8(6-14)11(10)13/h1-6H. The Kier molecular flexibility index (Phi) is 2.57. The van der Waals surface area contributed by atoms with Crippen LogP contribution < -0.4 is 0 Å². The van der Waals surface area contributed by atoms with Crippen LogP contribution in [0.1, 0.15) is 10.4 Å². The molecule has 0 heterocycles. The van der Waals surface area contributed by atoms with Crippen LogP contribution in [-0.2, 0) is 0 Å². The molecule has 1 nitrogen and oxygen atoms in total. The van der Waals surface area contributed by atoms with Crippen molar-refractivity contribution in [3.63, 3.8) is 0 Å². The van der Waals surface area contributed by atoms with Gasteiger partial charge in [-0.2, -0.15) is 0 Å². The molecule has 0 N–H and O–H groups in total. The van der Waals surface area contributed by atoms with Gasteiger partial charge in [0.1, 0.15) is 0 Å². The highest BCUT2D eigenvalue weighted by Gasteiger charge is 2.04. The van der Waals surface area contributed by atoms with Gasteiger partial charge in [0.25, 0.3) is 0 Å². The van der Waals surface area contributed by atoms with Gasteiger partial charge in [-0.25, -0.2) is 0 Å². The Morgan fingerprint density at radius 1 is 1.21 bits per heavy atom. The highest BCUT2D eigenvalue weighted by Crippen LogP contribution is 2.28. The van der Waals surface area contributed by atoms with E-state index in [9.17, 15) is 4.79 Å². The molecule has 0 bridgehead atoms. The monoisotopic (exact) mass is 268 g/mol. The van der Waals surface area contributed by atoms with Crippen LogP contribution in [0.15, 0.2) is 34.8 Å². The van der Waals surface area contributed by atoms with Crippen molar-refractivity contribution in [2.45, 2.75) is 0 Å². The lowest BCUT2D eigenvalue weighted by atomic mass is 10.1. The van der Waals surface area contributed by atoms with E-state index in [-0.39, 0.29) is 0 Å². The number of aldehydes is 1. The Balaban J connectivity index is 2.83. The van der Waals surface area contributed by atoms with Gasteiger partial charge in [-0.3, -0.25) is 4.79 Å². The first kappa shape index (κ1) is 9.69. The quantitative estimate of drug-likeness (QED) is 0.713. The average Bonchev–Trinajstić information content (AvgIpc) is 2.18. The van der Waals surface area contributed by atoms with Gasteiger partial charge in [0.05, 0.1) is 5.02 Å². The topological polar surface area (TPSA) is 17.1 Å². The molecule has 70 valence electrons. The molecule has 3 heteroatoms. The molecule has 0 aliphatic carbocycles. The predicted octanol–water partition coefficient (Wildman–Crippen LogP) is 4.07. The van der Waals surface area contributed by atoms with Gasteiger partial charge in [-0.1, -0.05) is 39.7 Å². The maximum absolute atomic E-state index is 10.6. The first-order valence-corrected chi connectivity index (χ1v) is 5.22. The van der Waals surface area contributed by atoms with Crippen molar-refractivity contribution in [1.82, 2.24) is 0 Å². The molecule has 0 spiro atoms. The molecule has 0 amide bonds. The molecule has 0 atom stereocenters. The molecule has 0 aromatic heterocycles. The summed E-state index contributed by atoms with van der Waals surface area (Å²) in [4.78, 5) is 10.6. The van der Waals surface area contributed by atoms with E-state index in [1.165, 1.54) is 0 Å². The maximum Gasteiger partial charge on any atom is 0.151 e. The molecule has 2 aromatic rings. The fraction of sp³-hybridized carbons (Fsp3) is 0. The Morgan fingerprint density at radius 3 is 2.71 bits per heavy atom. The highest BCUT2D eigenvalue weighted by molar-refractivity contribution is 9.10. The molecule has 0 fully saturated rings. The van der Waals surface area contributed by atoms with Crippen LogP contribution in [0.25, 0.3) is 10.8 Å². The van der Waals surface area contributed by atoms with Crippen molar-refractivity contribution in [3.8, 4) is 0 Å². The third kappa shape index (κ3) is 1.56. The summed E-state index contributed by atoms with van der Waals surface area (Å²) in [5.41, 5.74) is 0.529. The maximum atomic E-state index is 10.6. The minimum Gasteiger partial charge on any atom is -0.298 e. The smallest absolute Gasteiger partial charge is 0.151 e. The lowest BCUT2D eigenvalue weighted by Gasteiger charge is -2.02. The summed E-state index contributed by atoms with van der Waals surface area (Å²) in [7, 11) is 0. The van der Waals surface area contributed by atoms with E-state index in [0.29, 0.717) is 10.6 Å². The summed E-state index contributed by atoms with van der Waals surface area (Å²) in [6.45, 7) is 0. The molecule has 0 saturated heterocycles. The van der Waals surface area contributed by atoms with E-state index < -0.39 is 0 Å². The predicted molar refractivity (Wildman–Crippen MR) is 62.0 cm³/mol. The van der Waals surface area contributed by atoms with Crippen LogP contribution in [0.4, 0.5) is 0 Å². The summed E-state index contributed by atoms with van der Waals surface area (Å²) < 4.78 is 1.000. The van der Waals surface area contributed by atoms with Gasteiger partial charge < -0.3 is 0 Å². The average molecular weight is 270 g/mol. The number of carbonyl (C=O) groups is 1. The first-order valence-electron chi connectivity index (χ1n) is 4.05. The van der Waals surface area contributed by atoms with E-state index in [4.69, 9.17) is 11.6 Å². The van der Waals surface area contributed by atoms with Crippen LogP contribution in [0.3, 0.4) is 0 Å². The minimum absolute atomic E-state index is 0.519. The molecular weight excluding hydrogens is 263 g/mol. The van der Waals surface area contributed by atoms with Crippen molar-refractivity contribution in [2.75, 3.05) is 0 Å². The molecule has 14 heavy (non-hydrogen) atoms. The number of hydrogen-bond donors (Lipinski definition) is 0. The van der Waals surface area contributed by atoms with Gasteiger partial charge in [0, 0.05) is 15.4 Å². The molecule has 0 aliphatic rings. The molecule has 0 aliphatic heterocycles. The van der Waals surface area contributed by atoms with E-state index in [1.807, 2.05) is 24.3 Å². The number of halogens is 2. The third-order valence-corrected chi connectivity index (χ3v) is 2.99. The van der Waals surface area contributed by atoms with Crippen molar-refractivity contribution >= 4 is 44.6 Å². The van der Waals surface area contributed by atoms with Gasteiger partial charge >= 0.3 is 0 Å². The number of hydrogen-bond acceptors (Lipinski definition) is 1. The molecular formula is C11H6BrClO. The lowest BCUT2D eigenvalue weighted by Crippen LogP contribution is -1.83. The van der Waals surface area contributed by atoms with Gasteiger partial charge in [0.15, 0.2) is 6.29 Å². The molecule has 0 radical (unpaired) electrons. The summed E-state index contributed by atoms with van der Waals surface area (Å²) >= 11 is 9.43. The zero-order chi connectivity index (χ0) is 10.1. The first-order chi connectivity index (χ1) is 6.72. The van der Waals surface area contributed by atoms with Crippen molar-refractivity contribution in [3.05, 3.63) is 45.4 Å². The molecule has 0 unspecified atom stereocenters. The molecule has 0 saturated carbocycles. The van der Waals surface area contributed by atoms with Crippen molar-refractivity contribution in [1.29, 1.82) is 0 Å². The lowest BCUT2D eigenvalue weighted by molar-refractivity contribution is 0.112. The SMILES string of the molecule is O=Cc1ccc2cc(Br)ccc2c1Cl.